The van der Waals surface area contributed by atoms with Crippen LogP contribution in [0, 0.1) is 0 Å². The summed E-state index contributed by atoms with van der Waals surface area (Å²) < 4.78 is 5.08. The van der Waals surface area contributed by atoms with Crippen molar-refractivity contribution < 1.29 is 24.0 Å². The van der Waals surface area contributed by atoms with Gasteiger partial charge in [-0.1, -0.05) is 19.1 Å². The van der Waals surface area contributed by atoms with Crippen LogP contribution in [-0.2, 0) is 16.1 Å². The molecule has 0 aliphatic rings. The third-order valence-corrected chi connectivity index (χ3v) is 4.25. The average Bonchev–Trinajstić information content (AvgIpc) is 2.72. The highest BCUT2D eigenvalue weighted by molar-refractivity contribution is 5.94. The molecule has 0 spiro atoms. The summed E-state index contributed by atoms with van der Waals surface area (Å²) in [7, 11) is 3.53. The molecule has 2 amide bonds. The molecule has 0 radical (unpaired) electrons. The van der Waals surface area contributed by atoms with Crippen LogP contribution < -0.4 is 15.5 Å². The fourth-order valence-electron chi connectivity index (χ4n) is 2.78. The summed E-state index contributed by atoms with van der Waals surface area (Å²) in [6.07, 6.45) is 0.772. The molecule has 0 aromatic heterocycles. The molecule has 0 aliphatic carbocycles. The number of ether oxygens (including phenoxy) is 1. The number of likely N-dealkylation sites (N-methyl/N-ethyl adjacent to an activating group) is 1. The highest BCUT2D eigenvalue weighted by Gasteiger charge is 2.12. The van der Waals surface area contributed by atoms with Crippen molar-refractivity contribution in [3.8, 4) is 0 Å². The van der Waals surface area contributed by atoms with Crippen LogP contribution in [-0.4, -0.2) is 45.0 Å². The zero-order valence-electron chi connectivity index (χ0n) is 17.1. The van der Waals surface area contributed by atoms with Crippen LogP contribution in [0.2, 0.25) is 0 Å². The van der Waals surface area contributed by atoms with Crippen molar-refractivity contribution in [2.75, 3.05) is 32.6 Å². The molecule has 2 aromatic carbocycles. The number of carbonyl (C=O) groups is 3. The number of nitrogens with one attached hydrogen (secondary N) is 3. The monoisotopic (exact) mass is 398 g/mol. The number of carbonyl (C=O) groups excluding carboxylic acids is 3. The molecule has 1 atom stereocenters. The number of benzene rings is 2. The molecule has 0 bridgehead atoms. The Morgan fingerprint density at radius 2 is 1.59 bits per heavy atom. The predicted octanol–water partition coefficient (Wildman–Crippen LogP) is 1.27. The fraction of sp³-hybridized carbons (Fsp3) is 0.318. The van der Waals surface area contributed by atoms with Crippen LogP contribution >= 0.6 is 0 Å². The lowest BCUT2D eigenvalue weighted by atomic mass is 10.1. The van der Waals surface area contributed by atoms with Gasteiger partial charge >= 0.3 is 5.97 Å². The summed E-state index contributed by atoms with van der Waals surface area (Å²) in [5.74, 6) is -0.608. The quantitative estimate of drug-likeness (QED) is 0.555. The number of rotatable bonds is 9. The largest absolute Gasteiger partial charge is 0.462 e. The summed E-state index contributed by atoms with van der Waals surface area (Å²) in [6, 6.07) is 14.0. The summed E-state index contributed by atoms with van der Waals surface area (Å²) in [5, 5.41) is 5.42. The van der Waals surface area contributed by atoms with Crippen molar-refractivity contribution in [3.63, 3.8) is 0 Å². The van der Waals surface area contributed by atoms with Gasteiger partial charge in [0.05, 0.1) is 19.2 Å². The van der Waals surface area contributed by atoms with Crippen molar-refractivity contribution >= 4 is 23.5 Å². The van der Waals surface area contributed by atoms with Gasteiger partial charge < -0.3 is 20.3 Å². The minimum Gasteiger partial charge on any atom is -0.462 e. The molecular weight excluding hydrogens is 370 g/mol. The van der Waals surface area contributed by atoms with E-state index in [1.807, 2.05) is 26.1 Å². The minimum absolute atomic E-state index is 0.120. The normalized spacial score (nSPS) is 11.4. The topological polar surface area (TPSA) is 88.9 Å². The van der Waals surface area contributed by atoms with E-state index in [9.17, 15) is 14.4 Å². The van der Waals surface area contributed by atoms with E-state index in [4.69, 9.17) is 4.74 Å². The molecule has 7 nitrogen and oxygen atoms in total. The number of esters is 1. The van der Waals surface area contributed by atoms with Crippen molar-refractivity contribution in [3.05, 3.63) is 65.2 Å². The van der Waals surface area contributed by atoms with E-state index in [1.54, 1.807) is 43.4 Å². The second kappa shape index (κ2) is 11.0. The zero-order chi connectivity index (χ0) is 21.2. The van der Waals surface area contributed by atoms with Crippen LogP contribution in [0.1, 0.15) is 39.6 Å². The number of quaternary nitrogens is 1. The van der Waals surface area contributed by atoms with E-state index < -0.39 is 0 Å². The van der Waals surface area contributed by atoms with Gasteiger partial charge in [-0.15, -0.1) is 0 Å². The molecule has 29 heavy (non-hydrogen) atoms. The molecular formula is C22H28N3O4+. The lowest BCUT2D eigenvalue weighted by Crippen LogP contribution is -3.08. The lowest BCUT2D eigenvalue weighted by Gasteiger charge is -2.14. The molecule has 0 saturated heterocycles. The first-order valence-corrected chi connectivity index (χ1v) is 9.62. The van der Waals surface area contributed by atoms with Crippen LogP contribution in [0.5, 0.6) is 0 Å². The average molecular weight is 398 g/mol. The highest BCUT2D eigenvalue weighted by Crippen LogP contribution is 2.10. The molecule has 0 fully saturated rings. The first kappa shape index (κ1) is 22.1. The van der Waals surface area contributed by atoms with Crippen LogP contribution in [0.25, 0.3) is 0 Å². The van der Waals surface area contributed by atoms with Gasteiger partial charge in [-0.3, -0.25) is 9.59 Å². The number of hydrogen-bond donors (Lipinski definition) is 3. The molecule has 154 valence electrons. The van der Waals surface area contributed by atoms with Gasteiger partial charge in [0.2, 0.25) is 0 Å². The highest BCUT2D eigenvalue weighted by atomic mass is 16.5. The van der Waals surface area contributed by atoms with Gasteiger partial charge in [0.15, 0.2) is 6.54 Å². The molecule has 0 saturated carbocycles. The molecule has 1 unspecified atom stereocenters. The van der Waals surface area contributed by atoms with E-state index in [2.05, 4.69) is 10.6 Å². The van der Waals surface area contributed by atoms with Crippen LogP contribution in [0.4, 0.5) is 5.69 Å². The standard InChI is InChI=1S/C22H27N3O4/c1-4-13-29-22(28)18-9-11-19(12-10-18)24-20(26)15-25(3)14-16-5-7-17(8-6-16)21(27)23-2/h5-12H,4,13-15H2,1-3H3,(H,23,27)(H,24,26)/p+1. The maximum atomic E-state index is 12.3. The van der Waals surface area contributed by atoms with E-state index >= 15 is 0 Å². The number of hydrogen-bond acceptors (Lipinski definition) is 4. The van der Waals surface area contributed by atoms with E-state index in [0.717, 1.165) is 16.9 Å². The molecule has 2 rings (SSSR count). The second-order valence-corrected chi connectivity index (χ2v) is 6.85. The van der Waals surface area contributed by atoms with Gasteiger partial charge in [-0.25, -0.2) is 4.79 Å². The summed E-state index contributed by atoms with van der Waals surface area (Å²) in [6.45, 7) is 3.27. The predicted molar refractivity (Wildman–Crippen MR) is 111 cm³/mol. The zero-order valence-corrected chi connectivity index (χ0v) is 17.1. The Bertz CT molecular complexity index is 832. The maximum absolute atomic E-state index is 12.3. The Morgan fingerprint density at radius 1 is 0.966 bits per heavy atom. The van der Waals surface area contributed by atoms with E-state index in [0.29, 0.717) is 30.0 Å². The van der Waals surface area contributed by atoms with Gasteiger partial charge in [0, 0.05) is 23.9 Å². The summed E-state index contributed by atoms with van der Waals surface area (Å²) in [4.78, 5) is 36.7. The minimum atomic E-state index is -0.364. The molecule has 0 aliphatic heterocycles. The molecule has 2 aromatic rings. The Morgan fingerprint density at radius 3 is 2.17 bits per heavy atom. The van der Waals surface area contributed by atoms with Crippen molar-refractivity contribution in [1.29, 1.82) is 0 Å². The van der Waals surface area contributed by atoms with Crippen LogP contribution in [0.3, 0.4) is 0 Å². The molecule has 3 N–H and O–H groups in total. The molecule has 0 heterocycles. The number of anilines is 1. The Labute approximate surface area is 171 Å². The van der Waals surface area contributed by atoms with Crippen LogP contribution in [0.15, 0.2) is 48.5 Å². The van der Waals surface area contributed by atoms with Gasteiger partial charge in [0.1, 0.15) is 6.54 Å². The smallest absolute Gasteiger partial charge is 0.338 e. The van der Waals surface area contributed by atoms with E-state index in [-0.39, 0.29) is 24.3 Å². The van der Waals surface area contributed by atoms with Gasteiger partial charge in [-0.2, -0.15) is 0 Å². The van der Waals surface area contributed by atoms with Crippen molar-refractivity contribution in [1.82, 2.24) is 5.32 Å². The van der Waals surface area contributed by atoms with Crippen molar-refractivity contribution in [2.24, 2.45) is 0 Å². The summed E-state index contributed by atoms with van der Waals surface area (Å²) >= 11 is 0. The lowest BCUT2D eigenvalue weighted by molar-refractivity contribution is -0.885. The summed E-state index contributed by atoms with van der Waals surface area (Å²) in [5.41, 5.74) is 2.73. The number of amides is 2. The Kier molecular flexibility index (Phi) is 8.36. The van der Waals surface area contributed by atoms with Gasteiger partial charge in [0.25, 0.3) is 11.8 Å². The third kappa shape index (κ3) is 7.04. The Hall–Kier alpha value is -3.19. The maximum Gasteiger partial charge on any atom is 0.338 e. The van der Waals surface area contributed by atoms with E-state index in [1.165, 1.54) is 0 Å². The SMILES string of the molecule is CCCOC(=O)c1ccc(NC(=O)C[NH+](C)Cc2ccc(C(=O)NC)cc2)cc1. The van der Waals surface area contributed by atoms with Crippen molar-refractivity contribution in [2.45, 2.75) is 19.9 Å². The molecule has 7 heteroatoms. The first-order chi connectivity index (χ1) is 13.9. The third-order valence-electron chi connectivity index (χ3n) is 4.25. The van der Waals surface area contributed by atoms with Gasteiger partial charge in [-0.05, 0) is 42.8 Å². The second-order valence-electron chi connectivity index (χ2n) is 6.85. The fourth-order valence-corrected chi connectivity index (χ4v) is 2.78. The first-order valence-electron chi connectivity index (χ1n) is 9.62. The Balaban J connectivity index is 1.83.